The van der Waals surface area contributed by atoms with Gasteiger partial charge in [0.2, 0.25) is 10.0 Å². The number of sulfonamides is 1. The SMILES string of the molecule is CC(C)CCS(=O)(=O)NCC(C(=O)O)C(C)C. The largest absolute Gasteiger partial charge is 0.481 e. The minimum Gasteiger partial charge on any atom is -0.481 e. The Hall–Kier alpha value is -0.620. The van der Waals surface area contributed by atoms with E-state index in [0.717, 1.165) is 0 Å². The molecule has 0 aliphatic carbocycles. The minimum atomic E-state index is -3.35. The highest BCUT2D eigenvalue weighted by Gasteiger charge is 2.23. The van der Waals surface area contributed by atoms with Gasteiger partial charge >= 0.3 is 5.97 Å². The smallest absolute Gasteiger partial charge is 0.308 e. The molecule has 0 aromatic carbocycles. The van der Waals surface area contributed by atoms with Crippen molar-refractivity contribution in [1.29, 1.82) is 0 Å². The fraction of sp³-hybridized carbons (Fsp3) is 0.909. The summed E-state index contributed by atoms with van der Waals surface area (Å²) >= 11 is 0. The number of carbonyl (C=O) groups is 1. The van der Waals surface area contributed by atoms with E-state index in [2.05, 4.69) is 4.72 Å². The Kier molecular flexibility index (Phi) is 6.70. The number of hydrogen-bond donors (Lipinski definition) is 2. The zero-order chi connectivity index (χ0) is 13.6. The van der Waals surface area contributed by atoms with Crippen LogP contribution in [0.15, 0.2) is 0 Å². The van der Waals surface area contributed by atoms with Crippen molar-refractivity contribution >= 4 is 16.0 Å². The summed E-state index contributed by atoms with van der Waals surface area (Å²) in [5, 5.41) is 8.92. The minimum absolute atomic E-state index is 0.0343. The van der Waals surface area contributed by atoms with Gasteiger partial charge in [-0.15, -0.1) is 0 Å². The molecule has 1 atom stereocenters. The highest BCUT2D eigenvalue weighted by Crippen LogP contribution is 2.10. The van der Waals surface area contributed by atoms with E-state index >= 15 is 0 Å². The Balaban J connectivity index is 4.29. The molecule has 0 aliphatic rings. The van der Waals surface area contributed by atoms with Crippen molar-refractivity contribution in [2.45, 2.75) is 34.1 Å². The van der Waals surface area contributed by atoms with Gasteiger partial charge in [-0.25, -0.2) is 13.1 Å². The van der Waals surface area contributed by atoms with E-state index in [4.69, 9.17) is 5.11 Å². The van der Waals surface area contributed by atoms with E-state index in [1.54, 1.807) is 13.8 Å². The number of carboxylic acids is 1. The van der Waals surface area contributed by atoms with Crippen LogP contribution in [0, 0.1) is 17.8 Å². The van der Waals surface area contributed by atoms with Crippen molar-refractivity contribution in [1.82, 2.24) is 4.72 Å². The molecule has 0 aromatic heterocycles. The van der Waals surface area contributed by atoms with Gasteiger partial charge in [-0.2, -0.15) is 0 Å². The number of hydrogen-bond acceptors (Lipinski definition) is 3. The predicted octanol–water partition coefficient (Wildman–Crippen LogP) is 1.31. The van der Waals surface area contributed by atoms with Gasteiger partial charge < -0.3 is 5.11 Å². The van der Waals surface area contributed by atoms with Crippen molar-refractivity contribution in [3.8, 4) is 0 Å². The Morgan fingerprint density at radius 1 is 1.24 bits per heavy atom. The van der Waals surface area contributed by atoms with Gasteiger partial charge in [0.25, 0.3) is 0 Å². The second-order valence-electron chi connectivity index (χ2n) is 5.04. The maximum atomic E-state index is 11.6. The lowest BCUT2D eigenvalue weighted by Crippen LogP contribution is -2.36. The number of carboxylic acid groups (broad SMARTS) is 1. The molecule has 0 bridgehead atoms. The lowest BCUT2D eigenvalue weighted by molar-refractivity contribution is -0.142. The topological polar surface area (TPSA) is 83.5 Å². The molecule has 0 rings (SSSR count). The van der Waals surface area contributed by atoms with Gasteiger partial charge in [0.05, 0.1) is 11.7 Å². The van der Waals surface area contributed by atoms with Crippen LogP contribution in [0.2, 0.25) is 0 Å². The molecule has 0 spiro atoms. The average Bonchev–Trinajstić information content (AvgIpc) is 2.13. The summed E-state index contributed by atoms with van der Waals surface area (Å²) in [6.45, 7) is 7.39. The van der Waals surface area contributed by atoms with Crippen LogP contribution < -0.4 is 4.72 Å². The fourth-order valence-corrected chi connectivity index (χ4v) is 2.65. The maximum absolute atomic E-state index is 11.6. The number of aliphatic carboxylic acids is 1. The molecule has 17 heavy (non-hydrogen) atoms. The van der Waals surface area contributed by atoms with Crippen molar-refractivity contribution in [3.05, 3.63) is 0 Å². The Morgan fingerprint density at radius 3 is 2.12 bits per heavy atom. The Morgan fingerprint density at radius 2 is 1.76 bits per heavy atom. The summed E-state index contributed by atoms with van der Waals surface area (Å²) in [5.41, 5.74) is 0. The van der Waals surface area contributed by atoms with Gasteiger partial charge in [0.15, 0.2) is 0 Å². The number of nitrogens with one attached hydrogen (secondary N) is 1. The van der Waals surface area contributed by atoms with Gasteiger partial charge in [0.1, 0.15) is 0 Å². The molecule has 2 N–H and O–H groups in total. The van der Waals surface area contributed by atoms with E-state index < -0.39 is 21.9 Å². The highest BCUT2D eigenvalue weighted by atomic mass is 32.2. The van der Waals surface area contributed by atoms with Gasteiger partial charge in [-0.1, -0.05) is 27.7 Å². The first-order valence-corrected chi connectivity index (χ1v) is 7.51. The summed E-state index contributed by atoms with van der Waals surface area (Å²) in [6, 6.07) is 0. The van der Waals surface area contributed by atoms with Crippen molar-refractivity contribution in [3.63, 3.8) is 0 Å². The summed E-state index contributed by atoms with van der Waals surface area (Å²) in [4.78, 5) is 10.9. The van der Waals surface area contributed by atoms with Crippen LogP contribution in [-0.2, 0) is 14.8 Å². The normalized spacial score (nSPS) is 14.2. The van der Waals surface area contributed by atoms with Gasteiger partial charge in [-0.3, -0.25) is 4.79 Å². The molecular formula is C11H23NO4S. The number of rotatable bonds is 8. The van der Waals surface area contributed by atoms with E-state index in [1.165, 1.54) is 0 Å². The van der Waals surface area contributed by atoms with Crippen molar-refractivity contribution < 1.29 is 18.3 Å². The van der Waals surface area contributed by atoms with Crippen LogP contribution in [0.3, 0.4) is 0 Å². The van der Waals surface area contributed by atoms with Crippen molar-refractivity contribution in [2.24, 2.45) is 17.8 Å². The summed E-state index contributed by atoms with van der Waals surface area (Å²) in [5.74, 6) is -1.38. The molecule has 0 aromatic rings. The molecule has 0 fully saturated rings. The Bertz CT molecular complexity index is 335. The van der Waals surface area contributed by atoms with E-state index in [0.29, 0.717) is 12.3 Å². The predicted molar refractivity (Wildman–Crippen MR) is 67.2 cm³/mol. The molecule has 0 amide bonds. The van der Waals surface area contributed by atoms with Crippen LogP contribution in [0.4, 0.5) is 0 Å². The molecule has 0 heterocycles. The van der Waals surface area contributed by atoms with Gasteiger partial charge in [0, 0.05) is 6.54 Å². The van der Waals surface area contributed by atoms with Crippen LogP contribution >= 0.6 is 0 Å². The third kappa shape index (κ3) is 7.33. The van der Waals surface area contributed by atoms with E-state index in [-0.39, 0.29) is 18.2 Å². The van der Waals surface area contributed by atoms with Crippen LogP contribution in [0.5, 0.6) is 0 Å². The second-order valence-corrected chi connectivity index (χ2v) is 6.97. The lowest BCUT2D eigenvalue weighted by atomic mass is 9.97. The maximum Gasteiger partial charge on any atom is 0.308 e. The third-order valence-electron chi connectivity index (χ3n) is 2.61. The monoisotopic (exact) mass is 265 g/mol. The summed E-state index contributed by atoms with van der Waals surface area (Å²) < 4.78 is 25.5. The lowest BCUT2D eigenvalue weighted by Gasteiger charge is -2.17. The van der Waals surface area contributed by atoms with E-state index in [9.17, 15) is 13.2 Å². The zero-order valence-electron chi connectivity index (χ0n) is 10.9. The molecule has 102 valence electrons. The molecule has 0 aliphatic heterocycles. The first-order chi connectivity index (χ1) is 7.65. The molecule has 0 saturated heterocycles. The molecule has 6 heteroatoms. The Labute approximate surface area is 104 Å². The zero-order valence-corrected chi connectivity index (χ0v) is 11.8. The molecule has 0 saturated carbocycles. The second kappa shape index (κ2) is 6.96. The molecule has 5 nitrogen and oxygen atoms in total. The molecule has 0 radical (unpaired) electrons. The average molecular weight is 265 g/mol. The fourth-order valence-electron chi connectivity index (χ4n) is 1.29. The standard InChI is InChI=1S/C11H23NO4S/c1-8(2)5-6-17(15,16)12-7-10(9(3)4)11(13)14/h8-10,12H,5-7H2,1-4H3,(H,13,14). The van der Waals surface area contributed by atoms with Crippen LogP contribution in [0.25, 0.3) is 0 Å². The highest BCUT2D eigenvalue weighted by molar-refractivity contribution is 7.89. The van der Waals surface area contributed by atoms with Crippen LogP contribution in [0.1, 0.15) is 34.1 Å². The molecular weight excluding hydrogens is 242 g/mol. The van der Waals surface area contributed by atoms with Gasteiger partial charge in [-0.05, 0) is 18.3 Å². The quantitative estimate of drug-likeness (QED) is 0.693. The summed E-state index contributed by atoms with van der Waals surface area (Å²) in [7, 11) is -3.35. The van der Waals surface area contributed by atoms with Crippen molar-refractivity contribution in [2.75, 3.05) is 12.3 Å². The molecule has 1 unspecified atom stereocenters. The first kappa shape index (κ1) is 16.4. The first-order valence-electron chi connectivity index (χ1n) is 5.86. The van der Waals surface area contributed by atoms with E-state index in [1.807, 2.05) is 13.8 Å². The summed E-state index contributed by atoms with van der Waals surface area (Å²) in [6.07, 6.45) is 0.578. The third-order valence-corrected chi connectivity index (χ3v) is 3.99. The van der Waals surface area contributed by atoms with Crippen LogP contribution in [-0.4, -0.2) is 31.8 Å².